The lowest BCUT2D eigenvalue weighted by Gasteiger charge is -2.28. The lowest BCUT2D eigenvalue weighted by atomic mass is 9.76. The minimum absolute atomic E-state index is 0.0471. The Morgan fingerprint density at radius 2 is 2.09 bits per heavy atom. The van der Waals surface area contributed by atoms with Crippen molar-refractivity contribution in [2.75, 3.05) is 45.3 Å². The molecule has 5 rings (SSSR count). The lowest BCUT2D eigenvalue weighted by Crippen LogP contribution is -2.38. The Bertz CT molecular complexity index is 1170. The number of hydrogen-bond acceptors (Lipinski definition) is 4. The van der Waals surface area contributed by atoms with Crippen LogP contribution in [0.15, 0.2) is 24.3 Å². The Morgan fingerprint density at radius 1 is 1.24 bits per heavy atom. The first-order valence-electron chi connectivity index (χ1n) is 12.5. The molecule has 0 spiro atoms. The number of hydrogen-bond donors (Lipinski definition) is 2. The Morgan fingerprint density at radius 3 is 2.85 bits per heavy atom. The molecular formula is C27H37N5O2. The fraction of sp³-hybridized carbons (Fsp3) is 0.556. The van der Waals surface area contributed by atoms with Gasteiger partial charge < -0.3 is 19.5 Å². The van der Waals surface area contributed by atoms with Crippen LogP contribution in [-0.2, 0) is 22.4 Å². The van der Waals surface area contributed by atoms with E-state index in [2.05, 4.69) is 72.3 Å². The molecule has 2 aromatic heterocycles. The van der Waals surface area contributed by atoms with Crippen molar-refractivity contribution in [1.29, 1.82) is 0 Å². The Balaban J connectivity index is 1.43. The lowest BCUT2D eigenvalue weighted by molar-refractivity contribution is -0.122. The molecule has 1 amide bonds. The van der Waals surface area contributed by atoms with Gasteiger partial charge in [0, 0.05) is 41.0 Å². The fourth-order valence-electron chi connectivity index (χ4n) is 5.34. The normalized spacial score (nSPS) is 19.6. The standard InChI is InChI=1S/C27H37N5O2/c1-27(2)10-8-21-24(16-27)29-30-25(21)23-14-18-6-7-20(15-22(18)28-23)32(12-5-11-31(3)4)26(33)19-9-13-34-17-19/h6-7,14-15,19,28H,5,8-13,16-17H2,1-4H3,(H,29,30). The van der Waals surface area contributed by atoms with Crippen LogP contribution in [0.1, 0.15) is 44.4 Å². The summed E-state index contributed by atoms with van der Waals surface area (Å²) < 4.78 is 5.51. The zero-order chi connectivity index (χ0) is 23.9. The second-order valence-corrected chi connectivity index (χ2v) is 11.0. The third kappa shape index (κ3) is 4.64. The number of nitrogens with one attached hydrogen (secondary N) is 2. The highest BCUT2D eigenvalue weighted by Crippen LogP contribution is 2.38. The van der Waals surface area contributed by atoms with Crippen LogP contribution in [0.4, 0.5) is 5.69 Å². The van der Waals surface area contributed by atoms with Crippen molar-refractivity contribution < 1.29 is 9.53 Å². The zero-order valence-corrected chi connectivity index (χ0v) is 20.9. The van der Waals surface area contributed by atoms with Crippen molar-refractivity contribution in [1.82, 2.24) is 20.1 Å². The Kier molecular flexibility index (Phi) is 6.25. The first-order chi connectivity index (χ1) is 16.3. The molecule has 0 bridgehead atoms. The molecule has 0 radical (unpaired) electrons. The van der Waals surface area contributed by atoms with Gasteiger partial charge in [-0.2, -0.15) is 5.10 Å². The quantitative estimate of drug-likeness (QED) is 0.545. The monoisotopic (exact) mass is 463 g/mol. The van der Waals surface area contributed by atoms with Crippen LogP contribution in [0.25, 0.3) is 22.3 Å². The molecule has 7 nitrogen and oxygen atoms in total. The summed E-state index contributed by atoms with van der Waals surface area (Å²) in [7, 11) is 4.14. The minimum atomic E-state index is -0.0471. The summed E-state index contributed by atoms with van der Waals surface area (Å²) in [6, 6.07) is 8.48. The number of carbonyl (C=O) groups excluding carboxylic acids is 1. The number of anilines is 1. The molecule has 3 heterocycles. The topological polar surface area (TPSA) is 77.2 Å². The number of ether oxygens (including phenoxy) is 1. The molecule has 1 aliphatic carbocycles. The number of H-pyrrole nitrogens is 2. The van der Waals surface area contributed by atoms with Gasteiger partial charge in [-0.15, -0.1) is 0 Å². The van der Waals surface area contributed by atoms with Gasteiger partial charge in [0.1, 0.15) is 5.69 Å². The second kappa shape index (κ2) is 9.19. The number of fused-ring (bicyclic) bond motifs is 2. The summed E-state index contributed by atoms with van der Waals surface area (Å²) in [5.41, 5.74) is 6.98. The highest BCUT2D eigenvalue weighted by Gasteiger charge is 2.30. The van der Waals surface area contributed by atoms with E-state index < -0.39 is 0 Å². The van der Waals surface area contributed by atoms with Crippen LogP contribution in [0, 0.1) is 11.3 Å². The SMILES string of the molecule is CN(C)CCCN(C(=O)C1CCOC1)c1ccc2cc(-c3n[nH]c4c3CCC(C)(C)C4)[nH]c2c1. The van der Waals surface area contributed by atoms with Gasteiger partial charge in [0.05, 0.1) is 18.2 Å². The predicted molar refractivity (Wildman–Crippen MR) is 136 cm³/mol. The number of nitrogens with zero attached hydrogens (tertiary/aromatic N) is 3. The summed E-state index contributed by atoms with van der Waals surface area (Å²) in [5, 5.41) is 9.11. The zero-order valence-electron chi connectivity index (χ0n) is 20.9. The molecule has 2 N–H and O–H groups in total. The molecule has 1 fully saturated rings. The summed E-state index contributed by atoms with van der Waals surface area (Å²) in [6.45, 7) is 7.50. The highest BCUT2D eigenvalue weighted by atomic mass is 16.5. The van der Waals surface area contributed by atoms with Crippen molar-refractivity contribution in [3.63, 3.8) is 0 Å². The van der Waals surface area contributed by atoms with Crippen molar-refractivity contribution in [3.8, 4) is 11.4 Å². The number of carbonyl (C=O) groups is 1. The number of rotatable bonds is 7. The number of amides is 1. The predicted octanol–water partition coefficient (Wildman–Crippen LogP) is 4.39. The molecular weight excluding hydrogens is 426 g/mol. The smallest absolute Gasteiger partial charge is 0.232 e. The molecule has 7 heteroatoms. The van der Waals surface area contributed by atoms with Crippen LogP contribution in [0.3, 0.4) is 0 Å². The van der Waals surface area contributed by atoms with E-state index in [4.69, 9.17) is 4.74 Å². The maximum atomic E-state index is 13.4. The molecule has 1 saturated heterocycles. The van der Waals surface area contributed by atoms with E-state index in [1.807, 2.05) is 4.90 Å². The minimum Gasteiger partial charge on any atom is -0.381 e. The fourth-order valence-corrected chi connectivity index (χ4v) is 5.34. The average Bonchev–Trinajstić information content (AvgIpc) is 3.53. The van der Waals surface area contributed by atoms with Crippen LogP contribution in [0.2, 0.25) is 0 Å². The second-order valence-electron chi connectivity index (χ2n) is 11.0. The number of aromatic amines is 2. The first kappa shape index (κ1) is 23.1. The van der Waals surface area contributed by atoms with Crippen molar-refractivity contribution in [2.24, 2.45) is 11.3 Å². The Hall–Kier alpha value is -2.64. The van der Waals surface area contributed by atoms with Crippen LogP contribution in [-0.4, -0.2) is 66.4 Å². The van der Waals surface area contributed by atoms with Gasteiger partial charge in [-0.05, 0) is 76.4 Å². The summed E-state index contributed by atoms with van der Waals surface area (Å²) >= 11 is 0. The van der Waals surface area contributed by atoms with Gasteiger partial charge in [0.2, 0.25) is 5.91 Å². The highest BCUT2D eigenvalue weighted by molar-refractivity contribution is 5.98. The molecule has 2 aliphatic rings. The van der Waals surface area contributed by atoms with Gasteiger partial charge in [-0.1, -0.05) is 19.9 Å². The molecule has 182 valence electrons. The molecule has 0 saturated carbocycles. The van der Waals surface area contributed by atoms with E-state index in [-0.39, 0.29) is 11.8 Å². The number of aromatic nitrogens is 3. The van der Waals surface area contributed by atoms with Gasteiger partial charge in [-0.3, -0.25) is 9.89 Å². The molecule has 1 atom stereocenters. The molecule has 3 aromatic rings. The van der Waals surface area contributed by atoms with Gasteiger partial charge in [0.25, 0.3) is 0 Å². The third-order valence-corrected chi connectivity index (χ3v) is 7.36. The van der Waals surface area contributed by atoms with Gasteiger partial charge >= 0.3 is 0 Å². The molecule has 34 heavy (non-hydrogen) atoms. The largest absolute Gasteiger partial charge is 0.381 e. The maximum Gasteiger partial charge on any atom is 0.232 e. The summed E-state index contributed by atoms with van der Waals surface area (Å²) in [6.07, 6.45) is 4.99. The summed E-state index contributed by atoms with van der Waals surface area (Å²) in [5.74, 6) is 0.125. The third-order valence-electron chi connectivity index (χ3n) is 7.36. The van der Waals surface area contributed by atoms with Gasteiger partial charge in [0.15, 0.2) is 0 Å². The van der Waals surface area contributed by atoms with Crippen molar-refractivity contribution in [3.05, 3.63) is 35.5 Å². The Labute approximate surface area is 201 Å². The average molecular weight is 464 g/mol. The number of benzene rings is 1. The van der Waals surface area contributed by atoms with Gasteiger partial charge in [-0.25, -0.2) is 0 Å². The van der Waals surface area contributed by atoms with E-state index >= 15 is 0 Å². The van der Waals surface area contributed by atoms with Crippen LogP contribution in [0.5, 0.6) is 0 Å². The van der Waals surface area contributed by atoms with Crippen molar-refractivity contribution >= 4 is 22.5 Å². The van der Waals surface area contributed by atoms with E-state index in [1.165, 1.54) is 17.7 Å². The first-order valence-corrected chi connectivity index (χ1v) is 12.5. The molecule has 1 unspecified atom stereocenters. The maximum absolute atomic E-state index is 13.4. The van der Waals surface area contributed by atoms with E-state index in [0.29, 0.717) is 25.2 Å². The molecule has 1 aromatic carbocycles. The van der Waals surface area contributed by atoms with Crippen molar-refractivity contribution in [2.45, 2.75) is 46.0 Å². The van der Waals surface area contributed by atoms with E-state index in [9.17, 15) is 4.79 Å². The molecule has 1 aliphatic heterocycles. The van der Waals surface area contributed by atoms with Crippen LogP contribution >= 0.6 is 0 Å². The van der Waals surface area contributed by atoms with Crippen LogP contribution < -0.4 is 4.90 Å². The van der Waals surface area contributed by atoms with E-state index in [1.54, 1.807) is 0 Å². The van der Waals surface area contributed by atoms with E-state index in [0.717, 1.165) is 60.2 Å². The summed E-state index contributed by atoms with van der Waals surface area (Å²) in [4.78, 5) is 21.1.